The van der Waals surface area contributed by atoms with Gasteiger partial charge < -0.3 is 9.73 Å². The third kappa shape index (κ3) is 2.67. The molecule has 4 heteroatoms. The number of benzene rings is 1. The molecule has 4 nitrogen and oxygen atoms in total. The number of hydrogen-bond donors (Lipinski definition) is 1. The van der Waals surface area contributed by atoms with Crippen molar-refractivity contribution in [1.82, 2.24) is 5.32 Å². The molecule has 0 bridgehead atoms. The maximum Gasteiger partial charge on any atom is 0.287 e. The molecule has 2 aromatic rings. The Morgan fingerprint density at radius 2 is 2.04 bits per heavy atom. The van der Waals surface area contributed by atoms with Crippen LogP contribution in [0.3, 0.4) is 0 Å². The molecule has 0 spiro atoms. The molecule has 4 rings (SSSR count). The fraction of sp³-hybridized carbons (Fsp3) is 0.474. The molecule has 1 heterocycles. The molecule has 0 radical (unpaired) electrons. The van der Waals surface area contributed by atoms with Crippen molar-refractivity contribution < 1.29 is 9.21 Å². The van der Waals surface area contributed by atoms with Crippen molar-refractivity contribution in [2.24, 2.45) is 17.8 Å². The lowest BCUT2D eigenvalue weighted by molar-refractivity contribution is 0.0916. The van der Waals surface area contributed by atoms with E-state index < -0.39 is 0 Å². The van der Waals surface area contributed by atoms with E-state index in [0.29, 0.717) is 23.4 Å². The molecular weight excluding hydrogens is 290 g/mol. The van der Waals surface area contributed by atoms with Crippen LogP contribution in [0.5, 0.6) is 0 Å². The van der Waals surface area contributed by atoms with Crippen molar-refractivity contribution in [3.63, 3.8) is 0 Å². The summed E-state index contributed by atoms with van der Waals surface area (Å²) in [6.07, 6.45) is 6.50. The topological polar surface area (TPSA) is 59.3 Å². The number of fused-ring (bicyclic) bond motifs is 2. The molecule has 1 N–H and O–H groups in total. The fourth-order valence-electron chi connectivity index (χ4n) is 4.47. The van der Waals surface area contributed by atoms with Crippen molar-refractivity contribution in [2.75, 3.05) is 6.54 Å². The molecule has 3 atom stereocenters. The second-order valence-electron chi connectivity index (χ2n) is 6.87. The van der Waals surface area contributed by atoms with Gasteiger partial charge in [-0.05, 0) is 49.1 Å². The van der Waals surface area contributed by atoms with Gasteiger partial charge in [0.2, 0.25) is 0 Å². The summed E-state index contributed by atoms with van der Waals surface area (Å²) >= 11 is 0. The first kappa shape index (κ1) is 14.5. The molecule has 120 valence electrons. The number of rotatable bonds is 3. The van der Waals surface area contributed by atoms with Gasteiger partial charge in [0.05, 0.1) is 5.39 Å². The van der Waals surface area contributed by atoms with E-state index in [2.05, 4.69) is 5.32 Å². The number of nitrogens with one attached hydrogen (secondary N) is 1. The van der Waals surface area contributed by atoms with Gasteiger partial charge in [-0.25, -0.2) is 0 Å². The van der Waals surface area contributed by atoms with Crippen molar-refractivity contribution in [3.8, 4) is 0 Å². The van der Waals surface area contributed by atoms with E-state index in [1.807, 2.05) is 0 Å². The molecule has 2 aliphatic rings. The smallest absolute Gasteiger partial charge is 0.287 e. The number of hydrogen-bond acceptors (Lipinski definition) is 3. The monoisotopic (exact) mass is 311 g/mol. The Kier molecular flexibility index (Phi) is 3.68. The van der Waals surface area contributed by atoms with Crippen LogP contribution >= 0.6 is 0 Å². The SMILES string of the molecule is O=C(NC[C@H]1CC[C@@H]2CCC[C@@H]21)c1cc(=O)c2ccccc2o1. The molecule has 1 aromatic heterocycles. The van der Waals surface area contributed by atoms with Crippen molar-refractivity contribution in [2.45, 2.75) is 32.1 Å². The summed E-state index contributed by atoms with van der Waals surface area (Å²) in [7, 11) is 0. The first-order valence-corrected chi connectivity index (χ1v) is 8.53. The summed E-state index contributed by atoms with van der Waals surface area (Å²) in [6.45, 7) is 0.691. The van der Waals surface area contributed by atoms with E-state index in [1.165, 1.54) is 38.2 Å². The van der Waals surface area contributed by atoms with Crippen LogP contribution < -0.4 is 10.7 Å². The molecule has 2 saturated carbocycles. The van der Waals surface area contributed by atoms with Crippen LogP contribution in [0, 0.1) is 17.8 Å². The predicted octanol–water partition coefficient (Wildman–Crippen LogP) is 3.35. The lowest BCUT2D eigenvalue weighted by atomic mass is 9.92. The molecule has 1 amide bonds. The first-order valence-electron chi connectivity index (χ1n) is 8.53. The Hall–Kier alpha value is -2.10. The Balaban J connectivity index is 1.48. The Bertz CT molecular complexity index is 795. The van der Waals surface area contributed by atoms with Gasteiger partial charge in [-0.3, -0.25) is 9.59 Å². The zero-order valence-electron chi connectivity index (χ0n) is 13.1. The maximum absolute atomic E-state index is 12.3. The molecule has 23 heavy (non-hydrogen) atoms. The molecule has 1 aromatic carbocycles. The lowest BCUT2D eigenvalue weighted by Gasteiger charge is -2.18. The van der Waals surface area contributed by atoms with Crippen LogP contribution in [0.1, 0.15) is 42.7 Å². The normalized spacial score (nSPS) is 26.3. The second-order valence-corrected chi connectivity index (χ2v) is 6.87. The summed E-state index contributed by atoms with van der Waals surface area (Å²) in [6, 6.07) is 8.31. The lowest BCUT2D eigenvalue weighted by Crippen LogP contribution is -2.31. The average Bonchev–Trinajstić information content (AvgIpc) is 3.16. The van der Waals surface area contributed by atoms with Gasteiger partial charge in [0.25, 0.3) is 5.91 Å². The number of carbonyl (C=O) groups is 1. The summed E-state index contributed by atoms with van der Waals surface area (Å²) in [5.74, 6) is 2.05. The van der Waals surface area contributed by atoms with E-state index in [-0.39, 0.29) is 17.1 Å². The Labute approximate surface area is 134 Å². The largest absolute Gasteiger partial charge is 0.451 e. The van der Waals surface area contributed by atoms with Gasteiger partial charge in [-0.1, -0.05) is 25.0 Å². The zero-order valence-corrected chi connectivity index (χ0v) is 13.1. The van der Waals surface area contributed by atoms with E-state index >= 15 is 0 Å². The Morgan fingerprint density at radius 1 is 1.17 bits per heavy atom. The van der Waals surface area contributed by atoms with Gasteiger partial charge in [-0.2, -0.15) is 0 Å². The molecular formula is C19H21NO3. The van der Waals surface area contributed by atoms with Crippen LogP contribution in [-0.2, 0) is 0 Å². The van der Waals surface area contributed by atoms with Gasteiger partial charge >= 0.3 is 0 Å². The van der Waals surface area contributed by atoms with Crippen molar-refractivity contribution >= 4 is 16.9 Å². The minimum Gasteiger partial charge on any atom is -0.451 e. The second kappa shape index (κ2) is 5.84. The standard InChI is InChI=1S/C19H21NO3/c21-16-10-18(23-17-7-2-1-5-15(16)17)19(22)20-11-13-9-8-12-4-3-6-14(12)13/h1-2,5,7,10,12-14H,3-4,6,8-9,11H2,(H,20,22)/t12-,13+,14-/m0/s1. The number of amides is 1. The number of carbonyl (C=O) groups excluding carboxylic acids is 1. The van der Waals surface area contributed by atoms with Crippen LogP contribution in [0.25, 0.3) is 11.0 Å². The van der Waals surface area contributed by atoms with Gasteiger partial charge in [-0.15, -0.1) is 0 Å². The molecule has 2 aliphatic carbocycles. The average molecular weight is 311 g/mol. The molecule has 0 saturated heterocycles. The van der Waals surface area contributed by atoms with Crippen molar-refractivity contribution in [3.05, 3.63) is 46.3 Å². The molecule has 0 unspecified atom stereocenters. The van der Waals surface area contributed by atoms with E-state index in [1.54, 1.807) is 24.3 Å². The van der Waals surface area contributed by atoms with Crippen LogP contribution in [0.4, 0.5) is 0 Å². The summed E-state index contributed by atoms with van der Waals surface area (Å²) in [4.78, 5) is 24.4. The molecule has 0 aliphatic heterocycles. The maximum atomic E-state index is 12.3. The van der Waals surface area contributed by atoms with E-state index in [9.17, 15) is 9.59 Å². The van der Waals surface area contributed by atoms with Gasteiger partial charge in [0.15, 0.2) is 11.2 Å². The van der Waals surface area contributed by atoms with Crippen LogP contribution in [-0.4, -0.2) is 12.5 Å². The Morgan fingerprint density at radius 3 is 2.96 bits per heavy atom. The highest BCUT2D eigenvalue weighted by Gasteiger charge is 2.38. The van der Waals surface area contributed by atoms with Crippen LogP contribution in [0.2, 0.25) is 0 Å². The highest BCUT2D eigenvalue weighted by atomic mass is 16.3. The third-order valence-corrected chi connectivity index (χ3v) is 5.61. The fourth-order valence-corrected chi connectivity index (χ4v) is 4.47. The van der Waals surface area contributed by atoms with Crippen LogP contribution in [0.15, 0.2) is 39.5 Å². The highest BCUT2D eigenvalue weighted by Crippen LogP contribution is 2.47. The number of para-hydroxylation sites is 1. The minimum atomic E-state index is -0.283. The first-order chi connectivity index (χ1) is 11.2. The zero-order chi connectivity index (χ0) is 15.8. The highest BCUT2D eigenvalue weighted by molar-refractivity contribution is 5.93. The predicted molar refractivity (Wildman–Crippen MR) is 88.4 cm³/mol. The quantitative estimate of drug-likeness (QED) is 0.945. The minimum absolute atomic E-state index is 0.106. The van der Waals surface area contributed by atoms with E-state index in [4.69, 9.17) is 4.42 Å². The van der Waals surface area contributed by atoms with Gasteiger partial charge in [0.1, 0.15) is 5.58 Å². The molecule has 2 fully saturated rings. The van der Waals surface area contributed by atoms with Crippen molar-refractivity contribution in [1.29, 1.82) is 0 Å². The van der Waals surface area contributed by atoms with E-state index in [0.717, 1.165) is 11.8 Å². The third-order valence-electron chi connectivity index (χ3n) is 5.61. The summed E-state index contributed by atoms with van der Waals surface area (Å²) in [5.41, 5.74) is 0.288. The van der Waals surface area contributed by atoms with Gasteiger partial charge in [0, 0.05) is 12.6 Å². The summed E-state index contributed by atoms with van der Waals surface area (Å²) < 4.78 is 5.59. The summed E-state index contributed by atoms with van der Waals surface area (Å²) in [5, 5.41) is 3.48.